The van der Waals surface area contributed by atoms with Gasteiger partial charge >= 0.3 is 0 Å². The topological polar surface area (TPSA) is 83.8 Å². The number of rotatable bonds is 8. The van der Waals surface area contributed by atoms with Gasteiger partial charge in [0.15, 0.2) is 11.6 Å². The summed E-state index contributed by atoms with van der Waals surface area (Å²) in [5.41, 5.74) is 2.50. The number of carbonyl (C=O) groups excluding carboxylic acids is 2. The molecule has 2 unspecified atom stereocenters. The first-order valence-electron chi connectivity index (χ1n) is 16.5. The van der Waals surface area contributed by atoms with E-state index in [0.29, 0.717) is 37.1 Å². The molecule has 0 bridgehead atoms. The van der Waals surface area contributed by atoms with Crippen molar-refractivity contribution in [2.45, 2.75) is 45.3 Å². The fourth-order valence-electron chi connectivity index (χ4n) is 7.51. The molecule has 9 nitrogen and oxygen atoms in total. The molecule has 2 saturated heterocycles. The van der Waals surface area contributed by atoms with E-state index in [1.807, 2.05) is 18.0 Å². The highest BCUT2D eigenvalue weighted by molar-refractivity contribution is 5.99. The van der Waals surface area contributed by atoms with Gasteiger partial charge in [-0.05, 0) is 60.6 Å². The summed E-state index contributed by atoms with van der Waals surface area (Å²) < 4.78 is 35.4. The number of methoxy groups -OCH3 is 1. The lowest BCUT2D eigenvalue weighted by atomic mass is 9.84. The number of hydrogen-bond donors (Lipinski definition) is 0. The number of piperidine rings is 2. The highest BCUT2D eigenvalue weighted by Gasteiger charge is 2.37. The van der Waals surface area contributed by atoms with E-state index in [4.69, 9.17) is 4.74 Å². The third-order valence-electron chi connectivity index (χ3n) is 9.81. The van der Waals surface area contributed by atoms with E-state index in [1.54, 1.807) is 40.0 Å². The van der Waals surface area contributed by atoms with Crippen molar-refractivity contribution in [3.05, 3.63) is 101 Å². The lowest BCUT2D eigenvalue weighted by Gasteiger charge is -2.45. The van der Waals surface area contributed by atoms with Crippen LogP contribution in [0.5, 0.6) is 5.75 Å². The average Bonchev–Trinajstić information content (AvgIpc) is 3.59. The zero-order chi connectivity index (χ0) is 33.9. The van der Waals surface area contributed by atoms with Crippen molar-refractivity contribution < 1.29 is 23.1 Å². The molecule has 0 spiro atoms. The first kappa shape index (κ1) is 33.3. The van der Waals surface area contributed by atoms with Gasteiger partial charge in [-0.25, -0.2) is 9.07 Å². The predicted molar refractivity (Wildman–Crippen MR) is 178 cm³/mol. The van der Waals surface area contributed by atoms with E-state index in [2.05, 4.69) is 53.3 Å². The second-order valence-corrected chi connectivity index (χ2v) is 13.2. The molecule has 0 aliphatic carbocycles. The Morgan fingerprint density at radius 2 is 1.60 bits per heavy atom. The Hall–Kier alpha value is -4.64. The Bertz CT molecular complexity index is 1750. The van der Waals surface area contributed by atoms with Crippen LogP contribution in [-0.4, -0.2) is 87.9 Å². The zero-order valence-electron chi connectivity index (χ0n) is 27.9. The van der Waals surface area contributed by atoms with Gasteiger partial charge in [-0.1, -0.05) is 55.5 Å². The highest BCUT2D eigenvalue weighted by atomic mass is 19.2. The summed E-state index contributed by atoms with van der Waals surface area (Å²) in [7, 11) is 3.15. The van der Waals surface area contributed by atoms with Crippen LogP contribution in [0.4, 0.5) is 8.78 Å². The van der Waals surface area contributed by atoms with Crippen LogP contribution in [-0.2, 0) is 6.54 Å². The number of aromatic nitrogens is 3. The Kier molecular flexibility index (Phi) is 9.86. The van der Waals surface area contributed by atoms with Crippen molar-refractivity contribution in [1.29, 1.82) is 0 Å². The van der Waals surface area contributed by atoms with Gasteiger partial charge in [-0.3, -0.25) is 14.5 Å². The summed E-state index contributed by atoms with van der Waals surface area (Å²) in [4.78, 5) is 33.4. The predicted octanol–water partition coefficient (Wildman–Crippen LogP) is 5.94. The van der Waals surface area contributed by atoms with Crippen molar-refractivity contribution in [1.82, 2.24) is 29.7 Å². The number of hydrogen-bond acceptors (Lipinski definition) is 6. The van der Waals surface area contributed by atoms with E-state index in [-0.39, 0.29) is 52.7 Å². The fraction of sp³-hybridized carbons (Fsp3) is 0.405. The van der Waals surface area contributed by atoms with Gasteiger partial charge in [0, 0.05) is 62.5 Å². The van der Waals surface area contributed by atoms with Crippen LogP contribution in [0.25, 0.3) is 11.3 Å². The maximum absolute atomic E-state index is 14.6. The number of halogens is 2. The minimum atomic E-state index is -1.07. The first-order valence-corrected chi connectivity index (χ1v) is 16.5. The number of nitrogens with zero attached hydrogens (tertiary/aromatic N) is 6. The van der Waals surface area contributed by atoms with Crippen molar-refractivity contribution >= 4 is 11.8 Å². The van der Waals surface area contributed by atoms with Gasteiger partial charge in [0.2, 0.25) is 5.82 Å². The third kappa shape index (κ3) is 6.82. The molecule has 4 aromatic rings. The number of carbonyl (C=O) groups is 2. The maximum Gasteiger partial charge on any atom is 0.253 e. The average molecular weight is 657 g/mol. The van der Waals surface area contributed by atoms with E-state index in [0.717, 1.165) is 19.6 Å². The van der Waals surface area contributed by atoms with Crippen LogP contribution in [0.2, 0.25) is 0 Å². The summed E-state index contributed by atoms with van der Waals surface area (Å²) in [6.07, 6.45) is 2.84. The summed E-state index contributed by atoms with van der Waals surface area (Å²) in [6, 6.07) is 20.3. The molecule has 3 aromatic carbocycles. The second kappa shape index (κ2) is 14.2. The molecule has 2 atom stereocenters. The second-order valence-electron chi connectivity index (χ2n) is 13.2. The van der Waals surface area contributed by atoms with Gasteiger partial charge in [-0.15, -0.1) is 5.10 Å². The molecule has 2 aliphatic heterocycles. The Morgan fingerprint density at radius 3 is 2.29 bits per heavy atom. The van der Waals surface area contributed by atoms with E-state index in [1.165, 1.54) is 24.8 Å². The van der Waals surface area contributed by atoms with Crippen molar-refractivity contribution in [3.8, 4) is 17.0 Å². The van der Waals surface area contributed by atoms with Crippen LogP contribution in [0, 0.1) is 23.5 Å². The number of amides is 2. The van der Waals surface area contributed by atoms with Crippen LogP contribution < -0.4 is 4.74 Å². The van der Waals surface area contributed by atoms with Gasteiger partial charge in [-0.2, -0.15) is 4.39 Å². The number of benzene rings is 3. The van der Waals surface area contributed by atoms with Crippen LogP contribution in [0.1, 0.15) is 59.0 Å². The lowest BCUT2D eigenvalue weighted by Crippen LogP contribution is -2.55. The molecule has 0 N–H and O–H groups in total. The van der Waals surface area contributed by atoms with E-state index in [9.17, 15) is 18.4 Å². The number of likely N-dealkylation sites (tertiary alicyclic amines) is 2. The molecule has 1 aromatic heterocycles. The fourth-order valence-corrected chi connectivity index (χ4v) is 7.51. The molecule has 6 rings (SSSR count). The smallest absolute Gasteiger partial charge is 0.253 e. The number of ether oxygens (including phenoxy) is 1. The van der Waals surface area contributed by atoms with E-state index < -0.39 is 11.6 Å². The molecule has 2 fully saturated rings. The molecule has 3 heterocycles. The monoisotopic (exact) mass is 656 g/mol. The molecule has 0 radical (unpaired) electrons. The third-order valence-corrected chi connectivity index (χ3v) is 9.81. The lowest BCUT2D eigenvalue weighted by molar-refractivity contribution is 0.0271. The van der Waals surface area contributed by atoms with Gasteiger partial charge < -0.3 is 14.5 Å². The van der Waals surface area contributed by atoms with Gasteiger partial charge in [0.1, 0.15) is 5.69 Å². The van der Waals surface area contributed by atoms with Gasteiger partial charge in [0.05, 0.1) is 19.3 Å². The first-order chi connectivity index (χ1) is 23.1. The SMILES string of the molecule is COc1ccc(-c2cn(C3CCN(C(=O)c4cccc(C(=O)N(C)C5C(C)CN(Cc6ccccc6)CC5C)c4)CC3)nn2)c(F)c1F. The standard InChI is InChI=1S/C37H42F2N6O3/c1-24-20-43(22-26-9-6-5-7-10-26)21-25(2)35(24)42(3)36(46)27-11-8-12-28(19-27)37(47)44-17-15-29(16-18-44)45-23-31(40-41-45)30-13-14-32(48-4)34(39)33(30)38/h5-14,19,23-25,29,35H,15-18,20-22H2,1-4H3. The van der Waals surface area contributed by atoms with Gasteiger partial charge in [0.25, 0.3) is 11.8 Å². The summed E-state index contributed by atoms with van der Waals surface area (Å²) >= 11 is 0. The zero-order valence-corrected chi connectivity index (χ0v) is 27.9. The van der Waals surface area contributed by atoms with Crippen LogP contribution in [0.3, 0.4) is 0 Å². The largest absolute Gasteiger partial charge is 0.494 e. The van der Waals surface area contributed by atoms with Crippen molar-refractivity contribution in [2.24, 2.45) is 11.8 Å². The maximum atomic E-state index is 14.6. The Morgan fingerprint density at radius 1 is 0.917 bits per heavy atom. The van der Waals surface area contributed by atoms with Crippen molar-refractivity contribution in [2.75, 3.05) is 40.3 Å². The molecule has 2 amide bonds. The minimum Gasteiger partial charge on any atom is -0.494 e. The Balaban J connectivity index is 1.06. The molecular weight excluding hydrogens is 614 g/mol. The van der Waals surface area contributed by atoms with Crippen molar-refractivity contribution in [3.63, 3.8) is 0 Å². The molecule has 11 heteroatoms. The molecular formula is C37H42F2N6O3. The molecule has 252 valence electrons. The van der Waals surface area contributed by atoms with E-state index >= 15 is 0 Å². The normalized spacial score (nSPS) is 20.5. The van der Waals surface area contributed by atoms with Crippen LogP contribution in [0.15, 0.2) is 72.9 Å². The van der Waals surface area contributed by atoms with Crippen LogP contribution >= 0.6 is 0 Å². The summed E-state index contributed by atoms with van der Waals surface area (Å²) in [6.45, 7) is 8.10. The Labute approximate surface area is 280 Å². The quantitative estimate of drug-likeness (QED) is 0.234. The molecule has 48 heavy (non-hydrogen) atoms. The summed E-state index contributed by atoms with van der Waals surface area (Å²) in [5.74, 6) is -1.93. The molecule has 0 saturated carbocycles. The minimum absolute atomic E-state index is 0.00432. The highest BCUT2D eigenvalue weighted by Crippen LogP contribution is 2.31. The molecule has 2 aliphatic rings. The summed E-state index contributed by atoms with van der Waals surface area (Å²) in [5, 5.41) is 8.25.